The summed E-state index contributed by atoms with van der Waals surface area (Å²) in [5.41, 5.74) is 0. The maximum atomic E-state index is 3.87. The molecule has 0 aromatic heterocycles. The Labute approximate surface area is 56.3 Å². The van der Waals surface area contributed by atoms with Crippen molar-refractivity contribution in [2.24, 2.45) is 0 Å². The van der Waals surface area contributed by atoms with E-state index in [-0.39, 0.29) is 0 Å². The Morgan fingerprint density at radius 3 is 1.88 bits per heavy atom. The van der Waals surface area contributed by atoms with Crippen molar-refractivity contribution in [3.8, 4) is 0 Å². The first-order valence-electron chi connectivity index (χ1n) is 3.03. The summed E-state index contributed by atoms with van der Waals surface area (Å²) in [7, 11) is 2.02. The fourth-order valence-electron chi connectivity index (χ4n) is 0.433. The summed E-state index contributed by atoms with van der Waals surface area (Å²) in [5.74, 6) is 0. The fourth-order valence-corrected chi connectivity index (χ4v) is 1.30. The predicted octanol–water partition coefficient (Wildman–Crippen LogP) is 2.33. The number of rotatable bonds is 2. The Hall–Kier alpha value is 0.647. The van der Waals surface area contributed by atoms with Gasteiger partial charge in [0.15, 0.2) is 0 Å². The van der Waals surface area contributed by atoms with Crippen LogP contribution < -0.4 is 0 Å². The van der Waals surface area contributed by atoms with Gasteiger partial charge in [-0.1, -0.05) is 26.6 Å². The Balaban J connectivity index is 3.62. The molecule has 0 amide bonds. The van der Waals surface area contributed by atoms with Gasteiger partial charge in [0.05, 0.1) is 8.07 Å². The zero-order chi connectivity index (χ0) is 6.78. The van der Waals surface area contributed by atoms with Gasteiger partial charge >= 0.3 is 0 Å². The molecule has 8 heavy (non-hydrogen) atoms. The molecule has 49 valence electrons. The van der Waals surface area contributed by atoms with E-state index in [1.165, 1.54) is 0 Å². The van der Waals surface area contributed by atoms with E-state index in [0.717, 1.165) is 11.7 Å². The highest BCUT2D eigenvalue weighted by atomic mass is 31.0. The van der Waals surface area contributed by atoms with Gasteiger partial charge in [0, 0.05) is 0 Å². The van der Waals surface area contributed by atoms with E-state index in [1.807, 2.05) is 0 Å². The molecule has 0 N–H and O–H groups in total. The van der Waals surface area contributed by atoms with Crippen molar-refractivity contribution >= 4 is 17.3 Å². The minimum Gasteiger partial charge on any atom is -0.137 e. The molecule has 0 saturated carbocycles. The molecule has 0 aromatic rings. The minimum atomic E-state index is -0.860. The van der Waals surface area contributed by atoms with E-state index >= 15 is 0 Å². The topological polar surface area (TPSA) is 0 Å². The van der Waals surface area contributed by atoms with Gasteiger partial charge in [-0.15, -0.1) is 9.24 Å². The summed E-state index contributed by atoms with van der Waals surface area (Å²) in [6.07, 6.45) is 1.07. The standard InChI is InChI=1S/C6H16PSi/c1-5-6(7)8(2,3)4/h6H,1,5,7H2,2-4H3. The van der Waals surface area contributed by atoms with Gasteiger partial charge in [0.1, 0.15) is 0 Å². The van der Waals surface area contributed by atoms with Crippen LogP contribution in [0.5, 0.6) is 0 Å². The smallest absolute Gasteiger partial charge is 0.0513 e. The largest absolute Gasteiger partial charge is 0.137 e. The van der Waals surface area contributed by atoms with Crippen molar-refractivity contribution in [2.45, 2.75) is 31.3 Å². The van der Waals surface area contributed by atoms with Gasteiger partial charge in [-0.25, -0.2) is 0 Å². The van der Waals surface area contributed by atoms with Crippen LogP contribution in [-0.4, -0.2) is 13.4 Å². The normalized spacial score (nSPS) is 16.1. The first-order chi connectivity index (χ1) is 3.48. The zero-order valence-corrected chi connectivity index (χ0v) is 8.22. The van der Waals surface area contributed by atoms with Crippen LogP contribution in [0.2, 0.25) is 19.6 Å². The Kier molecular flexibility index (Phi) is 3.22. The van der Waals surface area contributed by atoms with Crippen LogP contribution in [0.3, 0.4) is 0 Å². The van der Waals surface area contributed by atoms with Gasteiger partial charge in [0.2, 0.25) is 0 Å². The molecule has 0 aliphatic carbocycles. The third kappa shape index (κ3) is 2.83. The molecular weight excluding hydrogens is 131 g/mol. The van der Waals surface area contributed by atoms with Crippen LogP contribution in [0, 0.1) is 6.92 Å². The first-order valence-corrected chi connectivity index (χ1v) is 7.27. The van der Waals surface area contributed by atoms with Crippen molar-refractivity contribution in [1.29, 1.82) is 0 Å². The van der Waals surface area contributed by atoms with Crippen molar-refractivity contribution < 1.29 is 0 Å². The molecule has 0 nitrogen and oxygen atoms in total. The first kappa shape index (κ1) is 8.65. The lowest BCUT2D eigenvalue weighted by Gasteiger charge is -2.22. The van der Waals surface area contributed by atoms with Crippen LogP contribution in [0.15, 0.2) is 0 Å². The lowest BCUT2D eigenvalue weighted by molar-refractivity contribution is 1.11. The lowest BCUT2D eigenvalue weighted by Crippen LogP contribution is -2.32. The average Bonchev–Trinajstić information content (AvgIpc) is 1.62. The minimum absolute atomic E-state index is 0.794. The van der Waals surface area contributed by atoms with Crippen molar-refractivity contribution in [3.63, 3.8) is 0 Å². The molecule has 0 spiro atoms. The van der Waals surface area contributed by atoms with Gasteiger partial charge in [-0.2, -0.15) is 0 Å². The zero-order valence-electron chi connectivity index (χ0n) is 6.07. The van der Waals surface area contributed by atoms with Gasteiger partial charge in [-0.3, -0.25) is 0 Å². The van der Waals surface area contributed by atoms with Crippen molar-refractivity contribution in [1.82, 2.24) is 0 Å². The predicted molar refractivity (Wildman–Crippen MR) is 46.8 cm³/mol. The monoisotopic (exact) mass is 147 g/mol. The third-order valence-electron chi connectivity index (χ3n) is 1.42. The highest BCUT2D eigenvalue weighted by molar-refractivity contribution is 7.25. The highest BCUT2D eigenvalue weighted by Gasteiger charge is 2.19. The molecule has 0 aliphatic heterocycles. The third-order valence-corrected chi connectivity index (χ3v) is 7.27. The Bertz CT molecular complexity index is 65.4. The van der Waals surface area contributed by atoms with Gasteiger partial charge < -0.3 is 0 Å². The molecule has 0 aliphatic rings. The molecule has 0 rings (SSSR count). The van der Waals surface area contributed by atoms with Gasteiger partial charge in [0.25, 0.3) is 0 Å². The second-order valence-electron chi connectivity index (χ2n) is 3.26. The summed E-state index contributed by atoms with van der Waals surface area (Å²) < 4.78 is 0. The second kappa shape index (κ2) is 2.98. The fraction of sp³-hybridized carbons (Fsp3) is 0.833. The molecule has 0 aromatic carbocycles. The molecule has 2 unspecified atom stereocenters. The molecule has 2 heteroatoms. The Morgan fingerprint density at radius 2 is 1.88 bits per heavy atom. The second-order valence-corrected chi connectivity index (χ2v) is 10.2. The van der Waals surface area contributed by atoms with Crippen molar-refractivity contribution in [3.05, 3.63) is 6.92 Å². The molecular formula is C6H16PSi. The van der Waals surface area contributed by atoms with Gasteiger partial charge in [-0.05, 0) is 11.7 Å². The molecule has 0 saturated heterocycles. The van der Waals surface area contributed by atoms with Crippen LogP contribution in [0.1, 0.15) is 6.42 Å². The Morgan fingerprint density at radius 1 is 1.50 bits per heavy atom. The number of hydrogen-bond donors (Lipinski definition) is 0. The summed E-state index contributed by atoms with van der Waals surface area (Å²) >= 11 is 0. The van der Waals surface area contributed by atoms with E-state index in [4.69, 9.17) is 0 Å². The molecule has 0 bridgehead atoms. The van der Waals surface area contributed by atoms with E-state index in [1.54, 1.807) is 0 Å². The lowest BCUT2D eigenvalue weighted by atomic mass is 10.6. The average molecular weight is 147 g/mol. The molecule has 2 atom stereocenters. The van der Waals surface area contributed by atoms with Crippen LogP contribution in [0.4, 0.5) is 0 Å². The summed E-state index contributed by atoms with van der Waals surface area (Å²) in [4.78, 5) is 0. The van der Waals surface area contributed by atoms with Crippen LogP contribution >= 0.6 is 9.24 Å². The SMILES string of the molecule is [CH2]CC(P)[Si](C)(C)C. The molecule has 0 heterocycles. The summed E-state index contributed by atoms with van der Waals surface area (Å²) in [6.45, 7) is 11.0. The number of hydrogen-bond acceptors (Lipinski definition) is 0. The summed E-state index contributed by atoms with van der Waals surface area (Å²) in [6, 6.07) is 0. The molecule has 0 fully saturated rings. The van der Waals surface area contributed by atoms with Crippen molar-refractivity contribution in [2.75, 3.05) is 0 Å². The van der Waals surface area contributed by atoms with E-state index in [9.17, 15) is 0 Å². The summed E-state index contributed by atoms with van der Waals surface area (Å²) in [5, 5.41) is 0.794. The quantitative estimate of drug-likeness (QED) is 0.415. The van der Waals surface area contributed by atoms with E-state index in [2.05, 4.69) is 35.8 Å². The van der Waals surface area contributed by atoms with Crippen LogP contribution in [-0.2, 0) is 0 Å². The van der Waals surface area contributed by atoms with E-state index < -0.39 is 8.07 Å². The maximum absolute atomic E-state index is 3.87. The maximum Gasteiger partial charge on any atom is 0.0513 e. The van der Waals surface area contributed by atoms with E-state index in [0.29, 0.717) is 0 Å². The highest BCUT2D eigenvalue weighted by Crippen LogP contribution is 2.18. The van der Waals surface area contributed by atoms with Crippen LogP contribution in [0.25, 0.3) is 0 Å². The molecule has 1 radical (unpaired) electrons.